The van der Waals surface area contributed by atoms with Gasteiger partial charge in [0, 0.05) is 56.5 Å². The molecule has 0 radical (unpaired) electrons. The lowest BCUT2D eigenvalue weighted by Gasteiger charge is -2.50. The van der Waals surface area contributed by atoms with Crippen LogP contribution in [-0.4, -0.2) is 164 Å². The van der Waals surface area contributed by atoms with E-state index in [0.717, 1.165) is 16.5 Å². The summed E-state index contributed by atoms with van der Waals surface area (Å²) in [5.74, 6) is -5.60. The van der Waals surface area contributed by atoms with Crippen molar-refractivity contribution in [3.05, 3.63) is 114 Å². The molecule has 0 aliphatic carbocycles. The number of benzene rings is 3. The standard InChI is InChI=1S/C65H88N4O15/c1-15-50-65(10)55(69(62(74)84-65)67-33-24-29-44-32-34-66-48-31-23-22-30-47(44)48)40(4)52(70)38(2)36-63(8,75-13)56(83-61-54(49(68(11)12)35-39(3)77-61)81-59(72)45-25-18-16-19-26-45)41(5)53(42(6)58(71)79-50)80-51-37-64(9,76-14)57(43(7)78-51)82-60(73)46-27-20-17-21-28-46/h16-23,25-28,30-32,34,38-43,49-51,53-57,61,67H,15,24,29,33,35-37H2,1-14H3/t38-,39-,40+,41+,42-,43+,49+,50-,51?,53+,54-,55+,56-,57+,61+,63-,64-,65-/m1/s1. The molecule has 19 heteroatoms. The molecule has 4 aliphatic rings. The number of pyridine rings is 1. The van der Waals surface area contributed by atoms with E-state index in [2.05, 4.69) is 10.4 Å². The number of esters is 3. The molecule has 8 rings (SSSR count). The van der Waals surface area contributed by atoms with Crippen molar-refractivity contribution in [3.8, 4) is 0 Å². The van der Waals surface area contributed by atoms with E-state index in [0.29, 0.717) is 36.9 Å². The predicted octanol–water partition coefficient (Wildman–Crippen LogP) is 9.32. The highest BCUT2D eigenvalue weighted by atomic mass is 16.7. The number of para-hydroxylation sites is 1. The number of ketones is 1. The topological polar surface area (TPSA) is 209 Å². The number of carbonyl (C=O) groups is 5. The minimum Gasteiger partial charge on any atom is -0.458 e. The molecule has 84 heavy (non-hydrogen) atoms. The molecule has 1 aromatic heterocycles. The number of cyclic esters (lactones) is 1. The summed E-state index contributed by atoms with van der Waals surface area (Å²) in [6.45, 7) is 18.5. The smallest absolute Gasteiger partial charge is 0.425 e. The molecule has 4 fully saturated rings. The van der Waals surface area contributed by atoms with Gasteiger partial charge in [-0.3, -0.25) is 14.6 Å². The Hall–Kier alpha value is -5.90. The molecule has 1 N–H and O–H groups in total. The summed E-state index contributed by atoms with van der Waals surface area (Å²) < 4.78 is 66.3. The van der Waals surface area contributed by atoms with E-state index in [-0.39, 0.29) is 37.2 Å². The first-order chi connectivity index (χ1) is 40.0. The number of aryl methyl sites for hydroxylation is 1. The Morgan fingerprint density at radius 1 is 0.750 bits per heavy atom. The molecule has 4 saturated heterocycles. The molecule has 3 aromatic carbocycles. The number of hydrogen-bond donors (Lipinski definition) is 1. The van der Waals surface area contributed by atoms with Gasteiger partial charge in [0.05, 0.1) is 58.6 Å². The van der Waals surface area contributed by atoms with Gasteiger partial charge >= 0.3 is 24.0 Å². The summed E-state index contributed by atoms with van der Waals surface area (Å²) in [4.78, 5) is 79.4. The number of carbonyl (C=O) groups excluding carboxylic acids is 5. The number of hydrazine groups is 1. The molecular weight excluding hydrogens is 1080 g/mol. The lowest BCUT2D eigenvalue weighted by Crippen LogP contribution is -2.62. The van der Waals surface area contributed by atoms with Gasteiger partial charge in [0.2, 0.25) is 0 Å². The van der Waals surface area contributed by atoms with Gasteiger partial charge in [-0.2, -0.15) is 0 Å². The number of rotatable bonds is 17. The van der Waals surface area contributed by atoms with Crippen molar-refractivity contribution in [1.29, 1.82) is 0 Å². The van der Waals surface area contributed by atoms with Crippen molar-refractivity contribution in [1.82, 2.24) is 20.3 Å². The Morgan fingerprint density at radius 3 is 2.00 bits per heavy atom. The number of fused-ring (bicyclic) bond motifs is 2. The Morgan fingerprint density at radius 2 is 1.37 bits per heavy atom. The van der Waals surface area contributed by atoms with Crippen LogP contribution in [0, 0.1) is 23.7 Å². The summed E-state index contributed by atoms with van der Waals surface area (Å²) in [5, 5.41) is 2.45. The molecule has 18 atom stereocenters. The molecule has 4 aliphatic heterocycles. The lowest BCUT2D eigenvalue weighted by atomic mass is 9.73. The SMILES string of the molecule is CC[C@H]1OC(=O)[C@H](C)[C@@H](OC2C[C@@](C)(OC)[C@@H](OC(=O)c3ccccc3)[C@H](C)O2)[C@H](C)[C@@H](O[C@@H]2O[C@H](C)C[C@H](N(C)C)[C@H]2OC(=O)c2ccccc2)[C@](C)(OC)C[C@@H](C)C(=O)[C@H](C)[C@@H]2N(NCCCc3ccnc4ccccc34)C(=O)O[C@@]21C. The first-order valence-electron chi connectivity index (χ1n) is 29.7. The third-order valence-electron chi connectivity index (χ3n) is 18.1. The number of hydrogen-bond acceptors (Lipinski definition) is 18. The third-order valence-corrected chi connectivity index (χ3v) is 18.1. The molecule has 0 saturated carbocycles. The van der Waals surface area contributed by atoms with Gasteiger partial charge in [-0.05, 0) is 130 Å². The quantitative estimate of drug-likeness (QED) is 0.0593. The Bertz CT molecular complexity index is 2890. The largest absolute Gasteiger partial charge is 0.458 e. The number of Topliss-reactive ketones (excluding diaryl/α,β-unsaturated/α-hetero) is 1. The molecular formula is C65H88N4O15. The van der Waals surface area contributed by atoms with Crippen LogP contribution >= 0.6 is 0 Å². The maximum absolute atomic E-state index is 15.5. The van der Waals surface area contributed by atoms with Crippen molar-refractivity contribution in [2.45, 2.75) is 192 Å². The van der Waals surface area contributed by atoms with E-state index in [1.54, 1.807) is 89.5 Å². The Balaban J connectivity index is 1.18. The van der Waals surface area contributed by atoms with Crippen molar-refractivity contribution >= 4 is 40.7 Å². The molecule has 19 nitrogen and oxygen atoms in total. The second-order valence-corrected chi connectivity index (χ2v) is 24.3. The van der Waals surface area contributed by atoms with E-state index < -0.39 is 120 Å². The van der Waals surface area contributed by atoms with Crippen LogP contribution in [0.4, 0.5) is 4.79 Å². The van der Waals surface area contributed by atoms with E-state index >= 15 is 9.59 Å². The maximum Gasteiger partial charge on any atom is 0.425 e. The summed E-state index contributed by atoms with van der Waals surface area (Å²) >= 11 is 0. The average molecular weight is 1170 g/mol. The Labute approximate surface area is 494 Å². The second kappa shape index (κ2) is 27.2. The van der Waals surface area contributed by atoms with E-state index in [4.69, 9.17) is 47.4 Å². The summed E-state index contributed by atoms with van der Waals surface area (Å²) in [7, 11) is 6.88. The zero-order valence-electron chi connectivity index (χ0n) is 51.3. The molecule has 1 unspecified atom stereocenters. The van der Waals surface area contributed by atoms with Crippen molar-refractivity contribution < 1.29 is 71.3 Å². The van der Waals surface area contributed by atoms with Gasteiger partial charge in [-0.15, -0.1) is 0 Å². The lowest BCUT2D eigenvalue weighted by molar-refractivity contribution is -0.318. The second-order valence-electron chi connectivity index (χ2n) is 24.3. The normalized spacial score (nSPS) is 35.2. The number of aromatic nitrogens is 1. The highest BCUT2D eigenvalue weighted by Gasteiger charge is 2.61. The van der Waals surface area contributed by atoms with Crippen LogP contribution in [0.5, 0.6) is 0 Å². The zero-order valence-corrected chi connectivity index (χ0v) is 51.3. The third kappa shape index (κ3) is 13.7. The van der Waals surface area contributed by atoms with Gasteiger partial charge in [0.1, 0.15) is 23.5 Å². The van der Waals surface area contributed by atoms with Crippen LogP contribution in [-0.2, 0) is 63.4 Å². The first-order valence-corrected chi connectivity index (χ1v) is 29.7. The van der Waals surface area contributed by atoms with Gasteiger partial charge in [0.15, 0.2) is 30.4 Å². The van der Waals surface area contributed by atoms with E-state index in [1.807, 2.05) is 103 Å². The number of nitrogens with zero attached hydrogens (tertiary/aromatic N) is 3. The van der Waals surface area contributed by atoms with Crippen LogP contribution in [0.25, 0.3) is 10.9 Å². The summed E-state index contributed by atoms with van der Waals surface area (Å²) in [6.07, 6.45) is -5.42. The number of amides is 1. The Kier molecular flexibility index (Phi) is 20.8. The molecule has 4 aromatic rings. The number of methoxy groups -OCH3 is 2. The fourth-order valence-electron chi connectivity index (χ4n) is 13.4. The predicted molar refractivity (Wildman–Crippen MR) is 312 cm³/mol. The van der Waals surface area contributed by atoms with Gasteiger partial charge < -0.3 is 52.3 Å². The fraction of sp³-hybridized carbons (Fsp3) is 0.600. The number of nitrogens with one attached hydrogen (secondary N) is 1. The van der Waals surface area contributed by atoms with E-state index in [1.165, 1.54) is 12.1 Å². The van der Waals surface area contributed by atoms with Crippen LogP contribution in [0.15, 0.2) is 97.2 Å². The molecule has 0 bridgehead atoms. The van der Waals surface area contributed by atoms with Crippen LogP contribution in [0.1, 0.15) is 128 Å². The number of likely N-dealkylation sites (N-methyl/N-ethyl adjacent to an activating group) is 1. The summed E-state index contributed by atoms with van der Waals surface area (Å²) in [6, 6.07) is 25.9. The minimum absolute atomic E-state index is 0.0443. The average Bonchev–Trinajstić information content (AvgIpc) is 3.69. The molecule has 458 valence electrons. The first kappa shape index (κ1) is 64.1. The van der Waals surface area contributed by atoms with Crippen LogP contribution in [0.2, 0.25) is 0 Å². The highest BCUT2D eigenvalue weighted by Crippen LogP contribution is 2.45. The van der Waals surface area contributed by atoms with Gasteiger partial charge in [0.25, 0.3) is 0 Å². The monoisotopic (exact) mass is 1160 g/mol. The molecule has 1 amide bonds. The zero-order chi connectivity index (χ0) is 60.8. The molecule has 5 heterocycles. The minimum atomic E-state index is -1.54. The van der Waals surface area contributed by atoms with Crippen molar-refractivity contribution in [3.63, 3.8) is 0 Å². The van der Waals surface area contributed by atoms with Crippen molar-refractivity contribution in [2.24, 2.45) is 23.7 Å². The summed E-state index contributed by atoms with van der Waals surface area (Å²) in [5.41, 5.74) is 1.94. The van der Waals surface area contributed by atoms with Crippen molar-refractivity contribution in [2.75, 3.05) is 34.9 Å². The highest BCUT2D eigenvalue weighted by molar-refractivity contribution is 5.90. The molecule has 0 spiro atoms. The number of ether oxygens (including phenoxy) is 10. The maximum atomic E-state index is 15.5. The van der Waals surface area contributed by atoms with Gasteiger partial charge in [-0.25, -0.2) is 24.8 Å². The van der Waals surface area contributed by atoms with E-state index in [9.17, 15) is 14.4 Å². The fourth-order valence-corrected chi connectivity index (χ4v) is 13.4. The van der Waals surface area contributed by atoms with Gasteiger partial charge in [-0.1, -0.05) is 82.3 Å². The van der Waals surface area contributed by atoms with Crippen LogP contribution in [0.3, 0.4) is 0 Å². The van der Waals surface area contributed by atoms with Crippen LogP contribution < -0.4 is 5.43 Å².